The third-order valence-electron chi connectivity index (χ3n) is 5.12. The molecule has 4 bridgehead atoms. The van der Waals surface area contributed by atoms with Crippen molar-refractivity contribution in [3.8, 4) is 0 Å². The average molecular weight is 365 g/mol. The zero-order valence-corrected chi connectivity index (χ0v) is 13.5. The Hall–Kier alpha value is 1.22. The molecule has 0 heterocycles. The Balaban J connectivity index is 2.03. The summed E-state index contributed by atoms with van der Waals surface area (Å²) in [5.41, 5.74) is 0. The summed E-state index contributed by atoms with van der Waals surface area (Å²) >= 11 is 39.2. The Kier molecular flexibility index (Phi) is 2.40. The van der Waals surface area contributed by atoms with Crippen LogP contribution >= 0.6 is 69.6 Å². The highest BCUT2D eigenvalue weighted by atomic mass is 35.5. The van der Waals surface area contributed by atoms with E-state index >= 15 is 0 Å². The first-order valence-electron chi connectivity index (χ1n) is 5.78. The van der Waals surface area contributed by atoms with Crippen molar-refractivity contribution < 1.29 is 0 Å². The van der Waals surface area contributed by atoms with Gasteiger partial charge < -0.3 is 0 Å². The average Bonchev–Trinajstić information content (AvgIpc) is 2.97. The van der Waals surface area contributed by atoms with Gasteiger partial charge in [0.15, 0.2) is 4.33 Å². The second-order valence-corrected chi connectivity index (χ2v) is 8.90. The highest BCUT2D eigenvalue weighted by Crippen LogP contribution is 2.81. The summed E-state index contributed by atoms with van der Waals surface area (Å²) in [6.45, 7) is 0. The van der Waals surface area contributed by atoms with Gasteiger partial charge in [-0.2, -0.15) is 0 Å². The summed E-state index contributed by atoms with van der Waals surface area (Å²) in [4.78, 5) is -2.13. The van der Waals surface area contributed by atoms with Crippen molar-refractivity contribution in [1.82, 2.24) is 0 Å². The van der Waals surface area contributed by atoms with Gasteiger partial charge in [-0.05, 0) is 30.1 Å². The second-order valence-electron chi connectivity index (χ2n) is 5.63. The number of hydrogen-bond donors (Lipinski definition) is 0. The van der Waals surface area contributed by atoms with E-state index in [1.165, 1.54) is 0 Å². The number of hydrogen-bond acceptors (Lipinski definition) is 0. The number of fused-ring (bicyclic) bond motifs is 9. The lowest BCUT2D eigenvalue weighted by atomic mass is 9.75. The minimum absolute atomic E-state index is 0.0664. The van der Waals surface area contributed by atoms with Crippen molar-refractivity contribution in [2.45, 2.75) is 20.5 Å². The first-order valence-corrected chi connectivity index (χ1v) is 8.05. The molecule has 0 amide bonds. The predicted octanol–water partition coefficient (Wildman–Crippen LogP) is 5.27. The van der Waals surface area contributed by atoms with Crippen molar-refractivity contribution in [3.63, 3.8) is 0 Å². The van der Waals surface area contributed by atoms with Crippen LogP contribution in [0.5, 0.6) is 0 Å². The lowest BCUT2D eigenvalue weighted by molar-refractivity contribution is 0.305. The molecule has 6 atom stereocenters. The number of alkyl halides is 4. The SMILES string of the molecule is ClC1=C(Cl)[C@@]2(Cl)[C@@H]3[C@H]([C@H]4C=C[C@H]3C4)[C@@]1(Cl)C2(Cl)Cl. The minimum Gasteiger partial charge on any atom is -0.109 e. The smallest absolute Gasteiger partial charge is 0.109 e. The normalized spacial score (nSPS) is 58.8. The monoisotopic (exact) mass is 362 g/mol. The molecule has 0 saturated heterocycles. The van der Waals surface area contributed by atoms with E-state index in [4.69, 9.17) is 69.6 Å². The lowest BCUT2D eigenvalue weighted by Gasteiger charge is -2.37. The first kappa shape index (κ1) is 12.9. The predicted molar refractivity (Wildman–Crippen MR) is 78.1 cm³/mol. The molecule has 0 radical (unpaired) electrons. The van der Waals surface area contributed by atoms with Crippen LogP contribution in [0.2, 0.25) is 0 Å². The summed E-state index contributed by atoms with van der Waals surface area (Å²) < 4.78 is -1.37. The summed E-state index contributed by atoms with van der Waals surface area (Å²) in [5.74, 6) is 0.815. The summed E-state index contributed by atoms with van der Waals surface area (Å²) in [6.07, 6.45) is 5.40. The molecular weight excluding hydrogens is 357 g/mol. The van der Waals surface area contributed by atoms with Gasteiger partial charge in [-0.1, -0.05) is 58.6 Å². The Morgan fingerprint density at radius 2 is 1.22 bits per heavy atom. The fourth-order valence-electron chi connectivity index (χ4n) is 4.48. The lowest BCUT2D eigenvalue weighted by Crippen LogP contribution is -2.46. The quantitative estimate of drug-likeness (QED) is 0.312. The Morgan fingerprint density at radius 1 is 0.833 bits per heavy atom. The minimum atomic E-state index is -1.37. The van der Waals surface area contributed by atoms with Gasteiger partial charge in [-0.15, -0.1) is 23.2 Å². The van der Waals surface area contributed by atoms with Crippen molar-refractivity contribution in [1.29, 1.82) is 0 Å². The first-order chi connectivity index (χ1) is 8.28. The van der Waals surface area contributed by atoms with E-state index in [1.807, 2.05) is 0 Å². The van der Waals surface area contributed by atoms with Crippen LogP contribution in [0.4, 0.5) is 0 Å². The molecule has 0 N–H and O–H groups in total. The largest absolute Gasteiger partial charge is 0.166 e. The molecule has 18 heavy (non-hydrogen) atoms. The molecule has 4 rings (SSSR count). The molecule has 2 fully saturated rings. The van der Waals surface area contributed by atoms with Crippen molar-refractivity contribution >= 4 is 69.6 Å². The van der Waals surface area contributed by atoms with Gasteiger partial charge >= 0.3 is 0 Å². The summed E-state index contributed by atoms with van der Waals surface area (Å²) in [7, 11) is 0. The molecule has 0 aromatic carbocycles. The molecule has 6 heteroatoms. The molecule has 0 aliphatic heterocycles. The van der Waals surface area contributed by atoms with Crippen LogP contribution in [0.15, 0.2) is 22.2 Å². The van der Waals surface area contributed by atoms with Crippen LogP contribution in [-0.2, 0) is 0 Å². The van der Waals surface area contributed by atoms with Gasteiger partial charge in [0.1, 0.15) is 9.75 Å². The van der Waals surface area contributed by atoms with E-state index in [0.29, 0.717) is 21.9 Å². The van der Waals surface area contributed by atoms with Gasteiger partial charge in [0, 0.05) is 0 Å². The van der Waals surface area contributed by atoms with Crippen molar-refractivity contribution in [2.24, 2.45) is 23.7 Å². The molecule has 4 aliphatic carbocycles. The molecular formula is C12H8Cl6. The van der Waals surface area contributed by atoms with Crippen molar-refractivity contribution in [3.05, 3.63) is 22.2 Å². The molecule has 0 aromatic rings. The maximum atomic E-state index is 6.76. The molecule has 0 spiro atoms. The Morgan fingerprint density at radius 3 is 1.61 bits per heavy atom. The third kappa shape index (κ3) is 0.973. The van der Waals surface area contributed by atoms with Crippen LogP contribution in [0.3, 0.4) is 0 Å². The van der Waals surface area contributed by atoms with Crippen LogP contribution in [0.1, 0.15) is 6.42 Å². The molecule has 0 aromatic heterocycles. The second kappa shape index (κ2) is 3.34. The maximum Gasteiger partial charge on any atom is 0.166 e. The van der Waals surface area contributed by atoms with Gasteiger partial charge in [0.25, 0.3) is 0 Å². The fraction of sp³-hybridized carbons (Fsp3) is 0.667. The summed E-state index contributed by atoms with van der Waals surface area (Å²) in [5, 5.41) is 0.654. The van der Waals surface area contributed by atoms with Gasteiger partial charge in [-0.3, -0.25) is 0 Å². The van der Waals surface area contributed by atoms with E-state index < -0.39 is 14.1 Å². The van der Waals surface area contributed by atoms with Gasteiger partial charge in [0.05, 0.1) is 10.1 Å². The zero-order chi connectivity index (χ0) is 13.1. The zero-order valence-electron chi connectivity index (χ0n) is 8.94. The molecule has 0 unspecified atom stereocenters. The maximum absolute atomic E-state index is 6.76. The van der Waals surface area contributed by atoms with E-state index in [1.54, 1.807) is 0 Å². The summed E-state index contributed by atoms with van der Waals surface area (Å²) in [6, 6.07) is 0. The standard InChI is InChI=1S/C12H8Cl6/c13-8-9(14)11(16)7-5-2-1-4(3-5)6(7)10(8,15)12(11,17)18/h1-2,4-7H,3H2/t4-,5-,6-,7-,10-,11-/m0/s1. The number of rotatable bonds is 0. The van der Waals surface area contributed by atoms with E-state index in [0.717, 1.165) is 6.42 Å². The van der Waals surface area contributed by atoms with E-state index in [-0.39, 0.29) is 11.8 Å². The highest BCUT2D eigenvalue weighted by Gasteiger charge is 2.85. The van der Waals surface area contributed by atoms with Crippen LogP contribution in [-0.4, -0.2) is 14.1 Å². The van der Waals surface area contributed by atoms with Crippen molar-refractivity contribution in [2.75, 3.05) is 0 Å². The topological polar surface area (TPSA) is 0 Å². The Bertz CT molecular complexity index is 481. The van der Waals surface area contributed by atoms with Crippen LogP contribution in [0, 0.1) is 23.7 Å². The van der Waals surface area contributed by atoms with Gasteiger partial charge in [-0.25, -0.2) is 0 Å². The number of halogens is 6. The van der Waals surface area contributed by atoms with Crippen LogP contribution < -0.4 is 0 Å². The van der Waals surface area contributed by atoms with E-state index in [2.05, 4.69) is 12.2 Å². The van der Waals surface area contributed by atoms with Gasteiger partial charge in [0.2, 0.25) is 0 Å². The number of allylic oxidation sites excluding steroid dienone is 4. The molecule has 2 saturated carbocycles. The van der Waals surface area contributed by atoms with Crippen LogP contribution in [0.25, 0.3) is 0 Å². The van der Waals surface area contributed by atoms with E-state index in [9.17, 15) is 0 Å². The fourth-order valence-corrected chi connectivity index (χ4v) is 7.61. The molecule has 0 nitrogen and oxygen atoms in total. The Labute approximate surface area is 135 Å². The molecule has 4 aliphatic rings. The molecule has 98 valence electrons. The third-order valence-corrected chi connectivity index (χ3v) is 9.42. The highest BCUT2D eigenvalue weighted by molar-refractivity contribution is 6.65.